The van der Waals surface area contributed by atoms with Crippen LogP contribution < -0.4 is 16.0 Å². The van der Waals surface area contributed by atoms with Crippen LogP contribution in [0, 0.1) is 0 Å². The fourth-order valence-corrected chi connectivity index (χ4v) is 3.15. The van der Waals surface area contributed by atoms with Crippen LogP contribution in [0.4, 0.5) is 10.5 Å². The fourth-order valence-electron chi connectivity index (χ4n) is 3.15. The van der Waals surface area contributed by atoms with Gasteiger partial charge in [-0.3, -0.25) is 9.79 Å². The number of alkyl carbamates (subject to hydrolysis) is 1. The molecule has 0 radical (unpaired) electrons. The molecule has 1 saturated heterocycles. The molecule has 1 aliphatic rings. The molecule has 2 rings (SSSR count). The summed E-state index contributed by atoms with van der Waals surface area (Å²) in [7, 11) is 1.76. The van der Waals surface area contributed by atoms with Crippen molar-refractivity contribution >= 4 is 23.6 Å². The van der Waals surface area contributed by atoms with Crippen molar-refractivity contribution in [2.24, 2.45) is 4.99 Å². The first kappa shape index (κ1) is 22.5. The maximum absolute atomic E-state index is 12.0. The van der Waals surface area contributed by atoms with E-state index in [-0.39, 0.29) is 18.0 Å². The number of aliphatic imine (C=N–C) groups is 1. The topological polar surface area (TPSA) is 95.1 Å². The molecule has 1 unspecified atom stereocenters. The molecule has 1 fully saturated rings. The highest BCUT2D eigenvalue weighted by Crippen LogP contribution is 2.13. The number of ether oxygens (including phenoxy) is 1. The second-order valence-electron chi connectivity index (χ2n) is 8.18. The van der Waals surface area contributed by atoms with Crippen molar-refractivity contribution in [3.8, 4) is 0 Å². The molecular weight excluding hydrogens is 370 g/mol. The first-order valence-corrected chi connectivity index (χ1v) is 9.98. The Morgan fingerprint density at radius 1 is 1.24 bits per heavy atom. The van der Waals surface area contributed by atoms with E-state index >= 15 is 0 Å². The molecular formula is C21H33N5O3. The number of anilines is 1. The van der Waals surface area contributed by atoms with Crippen molar-refractivity contribution < 1.29 is 14.3 Å². The highest BCUT2D eigenvalue weighted by molar-refractivity contribution is 5.88. The standard InChI is InChI=1S/C21H33N5O3/c1-15(27)24-17-8-6-16(7-9-17)10-12-23-19(22-5)26-13-11-18(14-26)25-20(28)29-21(2,3)4/h6-9,18H,10-14H2,1-5H3,(H,22,23)(H,24,27)(H,25,28). The van der Waals surface area contributed by atoms with Gasteiger partial charge >= 0.3 is 6.09 Å². The summed E-state index contributed by atoms with van der Waals surface area (Å²) in [5.74, 6) is 0.752. The third-order valence-electron chi connectivity index (χ3n) is 4.39. The Balaban J connectivity index is 1.76. The lowest BCUT2D eigenvalue weighted by atomic mass is 10.1. The molecule has 3 N–H and O–H groups in total. The van der Waals surface area contributed by atoms with E-state index in [9.17, 15) is 9.59 Å². The number of guanidine groups is 1. The number of nitrogens with one attached hydrogen (secondary N) is 3. The van der Waals surface area contributed by atoms with Crippen LogP contribution in [0.1, 0.15) is 39.7 Å². The van der Waals surface area contributed by atoms with Crippen LogP contribution >= 0.6 is 0 Å². The van der Waals surface area contributed by atoms with E-state index in [0.717, 1.165) is 37.6 Å². The van der Waals surface area contributed by atoms with Crippen LogP contribution in [-0.4, -0.2) is 61.2 Å². The zero-order valence-corrected chi connectivity index (χ0v) is 18.0. The molecule has 1 heterocycles. The summed E-state index contributed by atoms with van der Waals surface area (Å²) in [5, 5.41) is 9.07. The van der Waals surface area contributed by atoms with Crippen LogP contribution in [0.5, 0.6) is 0 Å². The predicted molar refractivity (Wildman–Crippen MR) is 115 cm³/mol. The molecule has 8 nitrogen and oxygen atoms in total. The highest BCUT2D eigenvalue weighted by atomic mass is 16.6. The molecule has 1 atom stereocenters. The smallest absolute Gasteiger partial charge is 0.407 e. The Hall–Kier alpha value is -2.77. The van der Waals surface area contributed by atoms with Gasteiger partial charge in [-0.2, -0.15) is 0 Å². The molecule has 1 aliphatic heterocycles. The van der Waals surface area contributed by atoms with E-state index in [0.29, 0.717) is 6.54 Å². The summed E-state index contributed by atoms with van der Waals surface area (Å²) in [6.07, 6.45) is 1.31. The third kappa shape index (κ3) is 8.01. The summed E-state index contributed by atoms with van der Waals surface area (Å²) in [6.45, 7) is 9.32. The molecule has 2 amide bonds. The molecule has 0 spiro atoms. The van der Waals surface area contributed by atoms with Crippen LogP contribution in [0.25, 0.3) is 0 Å². The van der Waals surface area contributed by atoms with Gasteiger partial charge in [-0.25, -0.2) is 4.79 Å². The summed E-state index contributed by atoms with van der Waals surface area (Å²) >= 11 is 0. The molecule has 8 heteroatoms. The van der Waals surface area contributed by atoms with Crippen molar-refractivity contribution in [1.29, 1.82) is 0 Å². The van der Waals surface area contributed by atoms with Gasteiger partial charge in [0.15, 0.2) is 5.96 Å². The number of hydrogen-bond acceptors (Lipinski definition) is 4. The summed E-state index contributed by atoms with van der Waals surface area (Å²) < 4.78 is 5.33. The summed E-state index contributed by atoms with van der Waals surface area (Å²) in [6, 6.07) is 7.86. The summed E-state index contributed by atoms with van der Waals surface area (Å²) in [4.78, 5) is 29.5. The van der Waals surface area contributed by atoms with Crippen molar-refractivity contribution in [2.45, 2.75) is 52.2 Å². The van der Waals surface area contributed by atoms with Crippen LogP contribution in [0.2, 0.25) is 0 Å². The minimum Gasteiger partial charge on any atom is -0.444 e. The van der Waals surface area contributed by atoms with Gasteiger partial charge < -0.3 is 25.6 Å². The monoisotopic (exact) mass is 403 g/mol. The third-order valence-corrected chi connectivity index (χ3v) is 4.39. The Labute approximate surface area is 173 Å². The minimum atomic E-state index is -0.500. The predicted octanol–water partition coefficient (Wildman–Crippen LogP) is 2.36. The van der Waals surface area contributed by atoms with Gasteiger partial charge in [0.1, 0.15) is 5.60 Å². The zero-order valence-electron chi connectivity index (χ0n) is 18.0. The van der Waals surface area contributed by atoms with Crippen molar-refractivity contribution in [3.63, 3.8) is 0 Å². The van der Waals surface area contributed by atoms with E-state index in [1.807, 2.05) is 45.0 Å². The number of rotatable bonds is 5. The number of carbonyl (C=O) groups excluding carboxylic acids is 2. The maximum Gasteiger partial charge on any atom is 0.407 e. The second-order valence-corrected chi connectivity index (χ2v) is 8.18. The largest absolute Gasteiger partial charge is 0.444 e. The van der Waals surface area contributed by atoms with Crippen molar-refractivity contribution in [3.05, 3.63) is 29.8 Å². The minimum absolute atomic E-state index is 0.0460. The first-order valence-electron chi connectivity index (χ1n) is 9.98. The molecule has 0 saturated carbocycles. The molecule has 1 aromatic carbocycles. The lowest BCUT2D eigenvalue weighted by Crippen LogP contribution is -2.44. The van der Waals surface area contributed by atoms with Crippen molar-refractivity contribution in [2.75, 3.05) is 32.0 Å². The Bertz CT molecular complexity index is 725. The number of carbonyl (C=O) groups is 2. The van der Waals surface area contributed by atoms with Gasteiger partial charge in [-0.15, -0.1) is 0 Å². The molecule has 0 aromatic heterocycles. The molecule has 0 bridgehead atoms. The molecule has 160 valence electrons. The van der Waals surface area contributed by atoms with Crippen LogP contribution in [0.15, 0.2) is 29.3 Å². The van der Waals surface area contributed by atoms with Gasteiger partial charge in [0.05, 0.1) is 6.04 Å². The number of amides is 2. The van der Waals surface area contributed by atoms with E-state index in [4.69, 9.17) is 4.74 Å². The second kappa shape index (κ2) is 10.1. The van der Waals surface area contributed by atoms with Gasteiger partial charge in [0.2, 0.25) is 5.91 Å². The van der Waals surface area contributed by atoms with E-state index in [1.54, 1.807) is 7.05 Å². The number of hydrogen-bond donors (Lipinski definition) is 3. The SMILES string of the molecule is CN=C(NCCc1ccc(NC(C)=O)cc1)N1CCC(NC(=O)OC(C)(C)C)C1. The van der Waals surface area contributed by atoms with Crippen molar-refractivity contribution in [1.82, 2.24) is 15.5 Å². The van der Waals surface area contributed by atoms with E-state index < -0.39 is 5.60 Å². The summed E-state index contributed by atoms with van der Waals surface area (Å²) in [5.41, 5.74) is 1.47. The normalized spacial score (nSPS) is 17.1. The quantitative estimate of drug-likeness (QED) is 0.518. The fraction of sp³-hybridized carbons (Fsp3) is 0.571. The lowest BCUT2D eigenvalue weighted by Gasteiger charge is -2.23. The van der Waals surface area contributed by atoms with Gasteiger partial charge in [-0.05, 0) is 51.3 Å². The van der Waals surface area contributed by atoms with Gasteiger partial charge in [-0.1, -0.05) is 12.1 Å². The Morgan fingerprint density at radius 2 is 1.93 bits per heavy atom. The molecule has 0 aliphatic carbocycles. The number of nitrogens with zero attached hydrogens (tertiary/aromatic N) is 2. The van der Waals surface area contributed by atoms with Crippen LogP contribution in [0.3, 0.4) is 0 Å². The zero-order chi connectivity index (χ0) is 21.4. The van der Waals surface area contributed by atoms with E-state index in [2.05, 4.69) is 25.8 Å². The molecule has 29 heavy (non-hydrogen) atoms. The average Bonchev–Trinajstić information content (AvgIpc) is 3.06. The maximum atomic E-state index is 12.0. The first-order chi connectivity index (χ1) is 13.7. The van der Waals surface area contributed by atoms with Gasteiger partial charge in [0.25, 0.3) is 0 Å². The van der Waals surface area contributed by atoms with Crippen LogP contribution in [-0.2, 0) is 16.0 Å². The highest BCUT2D eigenvalue weighted by Gasteiger charge is 2.27. The van der Waals surface area contributed by atoms with Gasteiger partial charge in [0, 0.05) is 39.3 Å². The number of benzene rings is 1. The average molecular weight is 404 g/mol. The Kier molecular flexibility index (Phi) is 7.87. The lowest BCUT2D eigenvalue weighted by molar-refractivity contribution is -0.114. The Morgan fingerprint density at radius 3 is 2.52 bits per heavy atom. The van der Waals surface area contributed by atoms with E-state index in [1.165, 1.54) is 12.5 Å². The molecule has 1 aromatic rings. The number of likely N-dealkylation sites (tertiary alicyclic amines) is 1.